The van der Waals surface area contributed by atoms with Gasteiger partial charge in [-0.15, -0.1) is 0 Å². The molecule has 0 spiro atoms. The number of amides is 2. The van der Waals surface area contributed by atoms with Gasteiger partial charge in [0.1, 0.15) is 22.8 Å². The molecule has 1 aliphatic heterocycles. The van der Waals surface area contributed by atoms with Crippen LogP contribution >= 0.6 is 0 Å². The minimum atomic E-state index is -0.501. The van der Waals surface area contributed by atoms with Gasteiger partial charge < -0.3 is 14.2 Å². The van der Waals surface area contributed by atoms with Crippen molar-refractivity contribution in [2.45, 2.75) is 0 Å². The van der Waals surface area contributed by atoms with Crippen LogP contribution in [0.5, 0.6) is 17.2 Å². The summed E-state index contributed by atoms with van der Waals surface area (Å²) in [7, 11) is 4.50. The molecule has 134 valence electrons. The number of benzene rings is 2. The summed E-state index contributed by atoms with van der Waals surface area (Å²) in [6.07, 6.45) is 1.46. The summed E-state index contributed by atoms with van der Waals surface area (Å²) < 4.78 is 15.9. The van der Waals surface area contributed by atoms with Crippen molar-refractivity contribution in [3.63, 3.8) is 0 Å². The molecule has 1 N–H and O–H groups in total. The number of carbonyl (C=O) groups excluding carboxylic acids is 2. The lowest BCUT2D eigenvalue weighted by atomic mass is 10.1. The molecule has 0 radical (unpaired) electrons. The first kappa shape index (κ1) is 17.3. The molecule has 0 aliphatic carbocycles. The van der Waals surface area contributed by atoms with E-state index < -0.39 is 11.8 Å². The molecular formula is C19H18N2O5. The largest absolute Gasteiger partial charge is 0.496 e. The standard InChI is InChI=1S/C19H18N2O5/c1-24-13-9-16(25-2)14(17(10-13)26-3)11-15-18(22)20-21(19(15)23)12-7-5-4-6-8-12/h4-11H,1-3H3,(H,20,22). The van der Waals surface area contributed by atoms with Gasteiger partial charge in [-0.25, -0.2) is 5.01 Å². The van der Waals surface area contributed by atoms with Gasteiger partial charge in [0.15, 0.2) is 0 Å². The molecule has 2 aromatic rings. The highest BCUT2D eigenvalue weighted by molar-refractivity contribution is 6.31. The second-order valence-electron chi connectivity index (χ2n) is 5.42. The highest BCUT2D eigenvalue weighted by atomic mass is 16.5. The van der Waals surface area contributed by atoms with Crippen LogP contribution in [0.2, 0.25) is 0 Å². The molecule has 0 saturated carbocycles. The van der Waals surface area contributed by atoms with E-state index in [2.05, 4.69) is 5.43 Å². The van der Waals surface area contributed by atoms with Gasteiger partial charge >= 0.3 is 0 Å². The van der Waals surface area contributed by atoms with E-state index in [0.717, 1.165) is 0 Å². The van der Waals surface area contributed by atoms with Crippen molar-refractivity contribution in [1.29, 1.82) is 0 Å². The molecule has 1 saturated heterocycles. The van der Waals surface area contributed by atoms with Crippen LogP contribution in [0, 0.1) is 0 Å². The van der Waals surface area contributed by atoms with E-state index in [1.165, 1.54) is 32.4 Å². The number of hydrogen-bond donors (Lipinski definition) is 1. The normalized spacial score (nSPS) is 15.2. The van der Waals surface area contributed by atoms with Crippen LogP contribution in [0.1, 0.15) is 5.56 Å². The minimum absolute atomic E-state index is 0.0179. The fourth-order valence-corrected chi connectivity index (χ4v) is 2.64. The topological polar surface area (TPSA) is 77.1 Å². The first-order valence-corrected chi connectivity index (χ1v) is 7.81. The number of nitrogens with one attached hydrogen (secondary N) is 1. The zero-order chi connectivity index (χ0) is 18.7. The predicted molar refractivity (Wildman–Crippen MR) is 96.1 cm³/mol. The van der Waals surface area contributed by atoms with Crippen LogP contribution in [0.25, 0.3) is 6.08 Å². The molecule has 0 unspecified atom stereocenters. The summed E-state index contributed by atoms with van der Waals surface area (Å²) in [5.41, 5.74) is 3.59. The van der Waals surface area contributed by atoms with Gasteiger partial charge in [-0.1, -0.05) is 18.2 Å². The Bertz CT molecular complexity index is 852. The molecule has 26 heavy (non-hydrogen) atoms. The molecule has 2 aromatic carbocycles. The fraction of sp³-hybridized carbons (Fsp3) is 0.158. The Morgan fingerprint density at radius 2 is 1.54 bits per heavy atom. The SMILES string of the molecule is COc1cc(OC)c(C=C2C(=O)NN(c3ccccc3)C2=O)c(OC)c1. The molecular weight excluding hydrogens is 336 g/mol. The monoisotopic (exact) mass is 354 g/mol. The minimum Gasteiger partial charge on any atom is -0.496 e. The van der Waals surface area contributed by atoms with E-state index in [1.54, 1.807) is 36.4 Å². The zero-order valence-corrected chi connectivity index (χ0v) is 14.6. The van der Waals surface area contributed by atoms with Crippen LogP contribution in [-0.2, 0) is 9.59 Å². The number of para-hydroxylation sites is 1. The highest BCUT2D eigenvalue weighted by Crippen LogP contribution is 2.36. The maximum Gasteiger partial charge on any atom is 0.282 e. The van der Waals surface area contributed by atoms with Crippen molar-refractivity contribution in [2.75, 3.05) is 26.3 Å². The number of nitrogens with zero attached hydrogens (tertiary/aromatic N) is 1. The molecule has 1 heterocycles. The van der Waals surface area contributed by atoms with E-state index in [1.807, 2.05) is 6.07 Å². The lowest BCUT2D eigenvalue weighted by Gasteiger charge is -2.14. The van der Waals surface area contributed by atoms with Crippen LogP contribution < -0.4 is 24.6 Å². The Balaban J connectivity index is 2.05. The number of anilines is 1. The molecule has 7 heteroatoms. The molecule has 3 rings (SSSR count). The van der Waals surface area contributed by atoms with E-state index in [4.69, 9.17) is 14.2 Å². The van der Waals surface area contributed by atoms with Gasteiger partial charge in [0.25, 0.3) is 11.8 Å². The van der Waals surface area contributed by atoms with Gasteiger partial charge in [-0.2, -0.15) is 0 Å². The molecule has 7 nitrogen and oxygen atoms in total. The van der Waals surface area contributed by atoms with Gasteiger partial charge in [0, 0.05) is 12.1 Å². The summed E-state index contributed by atoms with van der Waals surface area (Å²) in [6.45, 7) is 0. The Hall–Kier alpha value is -3.48. The van der Waals surface area contributed by atoms with Crippen molar-refractivity contribution in [3.05, 3.63) is 53.6 Å². The predicted octanol–water partition coefficient (Wildman–Crippen LogP) is 2.17. The summed E-state index contributed by atoms with van der Waals surface area (Å²) in [5, 5.41) is 1.21. The summed E-state index contributed by atoms with van der Waals surface area (Å²) in [6, 6.07) is 12.2. The van der Waals surface area contributed by atoms with Gasteiger partial charge in [0.2, 0.25) is 0 Å². The van der Waals surface area contributed by atoms with Crippen molar-refractivity contribution >= 4 is 23.6 Å². The van der Waals surface area contributed by atoms with Crippen molar-refractivity contribution in [1.82, 2.24) is 5.43 Å². The molecule has 0 atom stereocenters. The number of hydrazine groups is 1. The van der Waals surface area contributed by atoms with Crippen molar-refractivity contribution in [2.24, 2.45) is 0 Å². The van der Waals surface area contributed by atoms with E-state index >= 15 is 0 Å². The first-order chi connectivity index (χ1) is 12.6. The molecule has 0 aromatic heterocycles. The second kappa shape index (κ2) is 7.18. The summed E-state index contributed by atoms with van der Waals surface area (Å²) >= 11 is 0. The lowest BCUT2D eigenvalue weighted by Crippen LogP contribution is -2.35. The third-order valence-corrected chi connectivity index (χ3v) is 3.95. The number of ether oxygens (including phenoxy) is 3. The summed E-state index contributed by atoms with van der Waals surface area (Å²) in [5.74, 6) is 0.425. The van der Waals surface area contributed by atoms with Gasteiger partial charge in [-0.3, -0.25) is 15.0 Å². The third kappa shape index (κ3) is 3.06. The highest BCUT2D eigenvalue weighted by Gasteiger charge is 2.35. The number of methoxy groups -OCH3 is 3. The van der Waals surface area contributed by atoms with Crippen LogP contribution in [0.4, 0.5) is 5.69 Å². The van der Waals surface area contributed by atoms with Crippen molar-refractivity contribution in [3.8, 4) is 17.2 Å². The maximum absolute atomic E-state index is 12.7. The lowest BCUT2D eigenvalue weighted by molar-refractivity contribution is -0.117. The molecule has 0 bridgehead atoms. The van der Waals surface area contributed by atoms with Crippen molar-refractivity contribution < 1.29 is 23.8 Å². The fourth-order valence-electron chi connectivity index (χ4n) is 2.64. The third-order valence-electron chi connectivity index (χ3n) is 3.95. The number of rotatable bonds is 5. The summed E-state index contributed by atoms with van der Waals surface area (Å²) in [4.78, 5) is 25.1. The average Bonchev–Trinajstić information content (AvgIpc) is 2.96. The van der Waals surface area contributed by atoms with Gasteiger partial charge in [0.05, 0.1) is 32.6 Å². The average molecular weight is 354 g/mol. The first-order valence-electron chi connectivity index (χ1n) is 7.81. The molecule has 2 amide bonds. The van der Waals surface area contributed by atoms with E-state index in [-0.39, 0.29) is 5.57 Å². The van der Waals surface area contributed by atoms with E-state index in [9.17, 15) is 9.59 Å². The van der Waals surface area contributed by atoms with E-state index in [0.29, 0.717) is 28.5 Å². The molecule has 1 aliphatic rings. The Kier molecular flexibility index (Phi) is 4.79. The molecule has 1 fully saturated rings. The smallest absolute Gasteiger partial charge is 0.282 e. The number of carbonyl (C=O) groups is 2. The maximum atomic E-state index is 12.7. The van der Waals surface area contributed by atoms with Crippen LogP contribution in [-0.4, -0.2) is 33.1 Å². The zero-order valence-electron chi connectivity index (χ0n) is 14.6. The van der Waals surface area contributed by atoms with Crippen LogP contribution in [0.3, 0.4) is 0 Å². The Labute approximate surface area is 150 Å². The second-order valence-corrected chi connectivity index (χ2v) is 5.42. The Morgan fingerprint density at radius 1 is 0.923 bits per heavy atom. The number of hydrogen-bond acceptors (Lipinski definition) is 5. The quantitative estimate of drug-likeness (QED) is 0.658. The Morgan fingerprint density at radius 3 is 2.08 bits per heavy atom. The van der Waals surface area contributed by atoms with Crippen LogP contribution in [0.15, 0.2) is 48.0 Å². The van der Waals surface area contributed by atoms with Gasteiger partial charge in [-0.05, 0) is 18.2 Å².